The van der Waals surface area contributed by atoms with Gasteiger partial charge in [0.2, 0.25) is 0 Å². The van der Waals surface area contributed by atoms with Crippen LogP contribution in [0.1, 0.15) is 87.0 Å². The minimum atomic E-state index is -1.45. The van der Waals surface area contributed by atoms with Crippen molar-refractivity contribution in [2.45, 2.75) is 130 Å². The number of aliphatic hydroxyl groups excluding tert-OH is 5. The van der Waals surface area contributed by atoms with Crippen LogP contribution in [0.15, 0.2) is 11.6 Å². The topological polar surface area (TPSA) is 120 Å². The minimum Gasteiger partial charge on any atom is -0.394 e. The molecule has 1 saturated heterocycles. The predicted molar refractivity (Wildman–Crippen MR) is 144 cm³/mol. The summed E-state index contributed by atoms with van der Waals surface area (Å²) < 4.78 is 12.0. The summed E-state index contributed by atoms with van der Waals surface area (Å²) in [4.78, 5) is 0. The smallest absolute Gasteiger partial charge is 0.187 e. The molecule has 1 heterocycles. The first-order valence-electron chi connectivity index (χ1n) is 15.0. The highest BCUT2D eigenvalue weighted by atomic mass is 16.7. The van der Waals surface area contributed by atoms with E-state index in [0.717, 1.165) is 25.7 Å². The molecule has 0 bridgehead atoms. The summed E-state index contributed by atoms with van der Waals surface area (Å²) in [6, 6.07) is 0. The lowest BCUT2D eigenvalue weighted by atomic mass is 9.38. The number of fused-ring (bicyclic) bond motifs is 5. The molecule has 4 aliphatic carbocycles. The van der Waals surface area contributed by atoms with Crippen molar-refractivity contribution in [3.05, 3.63) is 11.6 Å². The summed E-state index contributed by atoms with van der Waals surface area (Å²) in [7, 11) is 0. The number of hydrogen-bond acceptors (Lipinski definition) is 7. The lowest BCUT2D eigenvalue weighted by molar-refractivity contribution is -0.320. The van der Waals surface area contributed by atoms with Crippen molar-refractivity contribution in [2.24, 2.45) is 45.3 Å². The van der Waals surface area contributed by atoms with Crippen LogP contribution in [0.4, 0.5) is 0 Å². The van der Waals surface area contributed by atoms with Gasteiger partial charge in [-0.1, -0.05) is 60.1 Å². The SMILES string of the molecule is CC(C)C1CCC2(C)C3CC=C4C(CCC(OC5OC(CO)C(O)C(O)C5O)C4(C)C)C3(C)C(O)CC12C. The van der Waals surface area contributed by atoms with Crippen molar-refractivity contribution in [2.75, 3.05) is 6.61 Å². The zero-order valence-corrected chi connectivity index (χ0v) is 24.4. The van der Waals surface area contributed by atoms with Gasteiger partial charge < -0.3 is 35.0 Å². The maximum atomic E-state index is 12.0. The molecule has 7 nitrogen and oxygen atoms in total. The molecule has 1 aliphatic heterocycles. The monoisotopic (exact) mass is 536 g/mol. The summed E-state index contributed by atoms with van der Waals surface area (Å²) in [5.41, 5.74) is 1.06. The molecule has 4 fully saturated rings. The molecule has 13 atom stereocenters. The quantitative estimate of drug-likeness (QED) is 0.349. The van der Waals surface area contributed by atoms with E-state index in [1.54, 1.807) is 0 Å². The Morgan fingerprint density at radius 2 is 1.63 bits per heavy atom. The van der Waals surface area contributed by atoms with Crippen LogP contribution in [-0.2, 0) is 9.47 Å². The Morgan fingerprint density at radius 3 is 2.26 bits per heavy atom. The summed E-state index contributed by atoms with van der Waals surface area (Å²) in [5, 5.41) is 52.6. The maximum Gasteiger partial charge on any atom is 0.187 e. The molecule has 5 rings (SSSR count). The van der Waals surface area contributed by atoms with Crippen LogP contribution in [0.2, 0.25) is 0 Å². The normalized spacial score (nSPS) is 54.2. The van der Waals surface area contributed by atoms with Gasteiger partial charge in [0, 0.05) is 10.8 Å². The third-order valence-corrected chi connectivity index (χ3v) is 12.9. The molecule has 38 heavy (non-hydrogen) atoms. The Bertz CT molecular complexity index is 931. The predicted octanol–water partition coefficient (Wildman–Crippen LogP) is 3.40. The molecule has 3 saturated carbocycles. The first-order chi connectivity index (χ1) is 17.6. The molecule has 5 N–H and O–H groups in total. The van der Waals surface area contributed by atoms with Crippen LogP contribution in [0.3, 0.4) is 0 Å². The summed E-state index contributed by atoms with van der Waals surface area (Å²) in [6.07, 6.45) is 1.31. The van der Waals surface area contributed by atoms with Crippen molar-refractivity contribution in [1.29, 1.82) is 0 Å². The third kappa shape index (κ3) is 3.79. The van der Waals surface area contributed by atoms with Crippen LogP contribution in [0.25, 0.3) is 0 Å². The number of rotatable bonds is 4. The number of aliphatic hydroxyl groups is 5. The van der Waals surface area contributed by atoms with E-state index in [1.807, 2.05) is 0 Å². The highest BCUT2D eigenvalue weighted by Gasteiger charge is 2.70. The van der Waals surface area contributed by atoms with Crippen molar-refractivity contribution in [3.8, 4) is 0 Å². The molecule has 0 radical (unpaired) electrons. The van der Waals surface area contributed by atoms with E-state index in [2.05, 4.69) is 54.5 Å². The van der Waals surface area contributed by atoms with E-state index in [0.29, 0.717) is 17.8 Å². The molecular weight excluding hydrogens is 484 g/mol. The van der Waals surface area contributed by atoms with Crippen LogP contribution < -0.4 is 0 Å². The van der Waals surface area contributed by atoms with Crippen LogP contribution >= 0.6 is 0 Å². The fourth-order valence-electron chi connectivity index (χ4n) is 10.4. The lowest BCUT2D eigenvalue weighted by Gasteiger charge is -2.67. The average molecular weight is 537 g/mol. The molecule has 0 aromatic heterocycles. The van der Waals surface area contributed by atoms with Gasteiger partial charge in [-0.15, -0.1) is 0 Å². The van der Waals surface area contributed by atoms with Gasteiger partial charge >= 0.3 is 0 Å². The lowest BCUT2D eigenvalue weighted by Crippen LogP contribution is -2.65. The maximum absolute atomic E-state index is 12.0. The van der Waals surface area contributed by atoms with E-state index in [4.69, 9.17) is 9.47 Å². The zero-order valence-electron chi connectivity index (χ0n) is 24.4. The summed E-state index contributed by atoms with van der Waals surface area (Å²) >= 11 is 0. The molecule has 13 unspecified atom stereocenters. The highest BCUT2D eigenvalue weighted by molar-refractivity contribution is 5.31. The van der Waals surface area contributed by atoms with Crippen molar-refractivity contribution < 1.29 is 35.0 Å². The van der Waals surface area contributed by atoms with Crippen LogP contribution in [0, 0.1) is 45.3 Å². The third-order valence-electron chi connectivity index (χ3n) is 12.9. The molecule has 5 aliphatic rings. The van der Waals surface area contributed by atoms with Crippen LogP contribution in [-0.4, -0.2) is 75.1 Å². The van der Waals surface area contributed by atoms with Gasteiger partial charge in [0.15, 0.2) is 6.29 Å². The minimum absolute atomic E-state index is 0.134. The second-order valence-electron chi connectivity index (χ2n) is 14.9. The first-order valence-corrected chi connectivity index (χ1v) is 15.0. The molecule has 0 aromatic carbocycles. The average Bonchev–Trinajstić information content (AvgIpc) is 3.12. The van der Waals surface area contributed by atoms with E-state index >= 15 is 0 Å². The molecule has 0 aromatic rings. The highest BCUT2D eigenvalue weighted by Crippen LogP contribution is 2.74. The first kappa shape index (κ1) is 29.0. The Hall–Kier alpha value is -0.540. The van der Waals surface area contributed by atoms with Gasteiger partial charge in [0.05, 0.1) is 18.8 Å². The molecule has 0 amide bonds. The van der Waals surface area contributed by atoms with Gasteiger partial charge in [-0.05, 0) is 73.0 Å². The van der Waals surface area contributed by atoms with Crippen molar-refractivity contribution in [1.82, 2.24) is 0 Å². The molecule has 7 heteroatoms. The van der Waals surface area contributed by atoms with E-state index in [-0.39, 0.29) is 39.8 Å². The van der Waals surface area contributed by atoms with Gasteiger partial charge in [-0.25, -0.2) is 0 Å². The van der Waals surface area contributed by atoms with Crippen molar-refractivity contribution in [3.63, 3.8) is 0 Å². The zero-order chi connectivity index (χ0) is 28.0. The fraction of sp³-hybridized carbons (Fsp3) is 0.935. The van der Waals surface area contributed by atoms with Crippen LogP contribution in [0.5, 0.6) is 0 Å². The summed E-state index contributed by atoms with van der Waals surface area (Å²) in [5.74, 6) is 1.92. The molecule has 218 valence electrons. The Kier molecular flexibility index (Phi) is 7.24. The summed E-state index contributed by atoms with van der Waals surface area (Å²) in [6.45, 7) is 15.9. The van der Waals surface area contributed by atoms with E-state index in [9.17, 15) is 25.5 Å². The van der Waals surface area contributed by atoms with E-state index < -0.39 is 37.3 Å². The van der Waals surface area contributed by atoms with Gasteiger partial charge in [-0.3, -0.25) is 0 Å². The Labute approximate surface area is 228 Å². The van der Waals surface area contributed by atoms with Gasteiger partial charge in [0.1, 0.15) is 24.4 Å². The largest absolute Gasteiger partial charge is 0.394 e. The van der Waals surface area contributed by atoms with Gasteiger partial charge in [0.25, 0.3) is 0 Å². The standard InChI is InChI=1S/C31H52O7/c1-16(2)17-12-13-29(5)21-10-8-18-19(31(21,7)22(33)14-30(17,29)6)9-11-23(28(18,3)4)38-27-26(36)25(35)24(34)20(15-32)37-27/h8,16-17,19-27,32-36H,9-15H2,1-7H3. The number of hydrogen-bond donors (Lipinski definition) is 5. The second-order valence-corrected chi connectivity index (χ2v) is 14.9. The Morgan fingerprint density at radius 1 is 0.947 bits per heavy atom. The number of ether oxygens (including phenoxy) is 2. The van der Waals surface area contributed by atoms with Gasteiger partial charge in [-0.2, -0.15) is 0 Å². The Balaban J connectivity index is 1.43. The second kappa shape index (κ2) is 9.50. The molecular formula is C31H52O7. The fourth-order valence-corrected chi connectivity index (χ4v) is 10.4. The number of allylic oxidation sites excluding steroid dienone is 1. The molecule has 0 spiro atoms. The van der Waals surface area contributed by atoms with Crippen molar-refractivity contribution >= 4 is 0 Å². The van der Waals surface area contributed by atoms with E-state index in [1.165, 1.54) is 18.4 Å².